The molecule has 0 amide bonds. The number of para-hydroxylation sites is 1. The topological polar surface area (TPSA) is 52.3 Å². The molecule has 1 aliphatic rings. The van der Waals surface area contributed by atoms with E-state index in [9.17, 15) is 4.79 Å². The molecule has 90 valence electrons. The number of ether oxygens (including phenoxy) is 1. The fourth-order valence-corrected chi connectivity index (χ4v) is 2.23. The summed E-state index contributed by atoms with van der Waals surface area (Å²) >= 11 is 0. The zero-order chi connectivity index (χ0) is 12.6. The molecule has 3 rings (SSSR count). The highest BCUT2D eigenvalue weighted by atomic mass is 16.5. The second-order valence-electron chi connectivity index (χ2n) is 4.45. The summed E-state index contributed by atoms with van der Waals surface area (Å²) in [5.74, 6) is 0.523. The number of hydrogen-bond donors (Lipinski definition) is 1. The van der Waals surface area contributed by atoms with E-state index in [-0.39, 0.29) is 12.4 Å². The smallest absolute Gasteiger partial charge is 0.194 e. The standard InChI is InChI=1S/C15H13NO2/c16-15(11-6-2-1-3-7-11)10-18-13-9-5-4-8-12(13)14(15)17/h1-9H,10,16H2. The molecule has 2 aromatic rings. The van der Waals surface area contributed by atoms with Gasteiger partial charge in [0.15, 0.2) is 5.78 Å². The van der Waals surface area contributed by atoms with Crippen molar-refractivity contribution in [1.29, 1.82) is 0 Å². The summed E-state index contributed by atoms with van der Waals surface area (Å²) in [5.41, 5.74) is 6.51. The van der Waals surface area contributed by atoms with Gasteiger partial charge in [-0.1, -0.05) is 42.5 Å². The summed E-state index contributed by atoms with van der Waals surface area (Å²) in [6, 6.07) is 16.6. The number of fused-ring (bicyclic) bond motifs is 1. The zero-order valence-electron chi connectivity index (χ0n) is 9.80. The molecule has 0 aliphatic carbocycles. The molecule has 0 aromatic heterocycles. The Bertz CT molecular complexity index is 594. The largest absolute Gasteiger partial charge is 0.490 e. The van der Waals surface area contributed by atoms with Crippen LogP contribution in [-0.4, -0.2) is 12.4 Å². The molecule has 1 unspecified atom stereocenters. The molecule has 1 heterocycles. The predicted molar refractivity (Wildman–Crippen MR) is 68.6 cm³/mol. The van der Waals surface area contributed by atoms with Crippen LogP contribution >= 0.6 is 0 Å². The Labute approximate surface area is 105 Å². The average Bonchev–Trinajstić information content (AvgIpc) is 2.44. The van der Waals surface area contributed by atoms with Crippen LogP contribution in [0.15, 0.2) is 54.6 Å². The molecule has 2 aromatic carbocycles. The third kappa shape index (κ3) is 1.52. The van der Waals surface area contributed by atoms with Crippen molar-refractivity contribution in [2.45, 2.75) is 5.54 Å². The summed E-state index contributed by atoms with van der Waals surface area (Å²) in [6.45, 7) is 0.173. The van der Waals surface area contributed by atoms with E-state index in [1.54, 1.807) is 12.1 Å². The molecule has 0 bridgehead atoms. The third-order valence-corrected chi connectivity index (χ3v) is 3.28. The zero-order valence-corrected chi connectivity index (χ0v) is 9.80. The highest BCUT2D eigenvalue weighted by Crippen LogP contribution is 2.33. The van der Waals surface area contributed by atoms with Crippen LogP contribution < -0.4 is 10.5 Å². The predicted octanol–water partition coefficient (Wildman–Crippen LogP) is 2.12. The molecule has 0 saturated carbocycles. The van der Waals surface area contributed by atoms with Crippen molar-refractivity contribution in [3.63, 3.8) is 0 Å². The Kier molecular flexibility index (Phi) is 2.42. The highest BCUT2D eigenvalue weighted by molar-refractivity contribution is 6.06. The van der Waals surface area contributed by atoms with Gasteiger partial charge in [0.05, 0.1) is 5.56 Å². The fraction of sp³-hybridized carbons (Fsp3) is 0.133. The number of carbonyl (C=O) groups excluding carboxylic acids is 1. The molecule has 0 saturated heterocycles. The summed E-state index contributed by atoms with van der Waals surface area (Å²) < 4.78 is 5.62. The van der Waals surface area contributed by atoms with Crippen molar-refractivity contribution < 1.29 is 9.53 Å². The Balaban J connectivity index is 2.10. The molecular weight excluding hydrogens is 226 g/mol. The monoisotopic (exact) mass is 239 g/mol. The summed E-state index contributed by atoms with van der Waals surface area (Å²) in [5, 5.41) is 0. The highest BCUT2D eigenvalue weighted by Gasteiger charge is 2.42. The minimum Gasteiger partial charge on any atom is -0.490 e. The van der Waals surface area contributed by atoms with Gasteiger partial charge in [0.25, 0.3) is 0 Å². The number of rotatable bonds is 1. The van der Waals surface area contributed by atoms with Gasteiger partial charge in [-0.2, -0.15) is 0 Å². The minimum absolute atomic E-state index is 0.0875. The number of hydrogen-bond acceptors (Lipinski definition) is 3. The summed E-state index contributed by atoms with van der Waals surface area (Å²) in [7, 11) is 0. The number of ketones is 1. The minimum atomic E-state index is -1.09. The Morgan fingerprint density at radius 3 is 2.44 bits per heavy atom. The quantitative estimate of drug-likeness (QED) is 0.829. The van der Waals surface area contributed by atoms with E-state index >= 15 is 0 Å². The number of Topliss-reactive ketones (excluding diaryl/α,β-unsaturated/α-hetero) is 1. The van der Waals surface area contributed by atoms with Gasteiger partial charge in [0.1, 0.15) is 17.9 Å². The first-order valence-electron chi connectivity index (χ1n) is 5.83. The van der Waals surface area contributed by atoms with Crippen molar-refractivity contribution >= 4 is 5.78 Å². The second kappa shape index (κ2) is 3.96. The summed E-state index contributed by atoms with van der Waals surface area (Å²) in [4.78, 5) is 12.5. The molecule has 2 N–H and O–H groups in total. The molecular formula is C15H13NO2. The maximum absolute atomic E-state index is 12.5. The molecule has 0 fully saturated rings. The lowest BCUT2D eigenvalue weighted by Crippen LogP contribution is -2.52. The lowest BCUT2D eigenvalue weighted by molar-refractivity contribution is 0.0775. The summed E-state index contributed by atoms with van der Waals surface area (Å²) in [6.07, 6.45) is 0. The number of benzene rings is 2. The van der Waals surface area contributed by atoms with E-state index in [1.165, 1.54) is 0 Å². The van der Waals surface area contributed by atoms with E-state index in [1.807, 2.05) is 42.5 Å². The van der Waals surface area contributed by atoms with Gasteiger partial charge in [-0.3, -0.25) is 4.79 Å². The van der Waals surface area contributed by atoms with Gasteiger partial charge in [-0.15, -0.1) is 0 Å². The number of nitrogens with two attached hydrogens (primary N) is 1. The fourth-order valence-electron chi connectivity index (χ4n) is 2.23. The normalized spacial score (nSPS) is 22.2. The van der Waals surface area contributed by atoms with Gasteiger partial charge in [0, 0.05) is 0 Å². The second-order valence-corrected chi connectivity index (χ2v) is 4.45. The molecule has 1 atom stereocenters. The molecule has 18 heavy (non-hydrogen) atoms. The van der Waals surface area contributed by atoms with Crippen molar-refractivity contribution in [1.82, 2.24) is 0 Å². The average molecular weight is 239 g/mol. The van der Waals surface area contributed by atoms with E-state index < -0.39 is 5.54 Å². The molecule has 0 radical (unpaired) electrons. The lowest BCUT2D eigenvalue weighted by Gasteiger charge is -2.33. The van der Waals surface area contributed by atoms with Crippen molar-refractivity contribution in [2.75, 3.05) is 6.61 Å². The number of carbonyl (C=O) groups is 1. The van der Waals surface area contributed by atoms with Gasteiger partial charge < -0.3 is 10.5 Å². The lowest BCUT2D eigenvalue weighted by atomic mass is 9.82. The van der Waals surface area contributed by atoms with Crippen LogP contribution in [0.3, 0.4) is 0 Å². The van der Waals surface area contributed by atoms with Crippen LogP contribution in [0.25, 0.3) is 0 Å². The van der Waals surface area contributed by atoms with Gasteiger partial charge >= 0.3 is 0 Å². The van der Waals surface area contributed by atoms with Gasteiger partial charge in [-0.25, -0.2) is 0 Å². The first-order valence-corrected chi connectivity index (χ1v) is 5.83. The Morgan fingerprint density at radius 2 is 1.67 bits per heavy atom. The van der Waals surface area contributed by atoms with Crippen LogP contribution in [0.2, 0.25) is 0 Å². The maximum Gasteiger partial charge on any atom is 0.194 e. The van der Waals surface area contributed by atoms with Crippen molar-refractivity contribution in [2.24, 2.45) is 5.73 Å². The van der Waals surface area contributed by atoms with E-state index in [0.29, 0.717) is 11.3 Å². The van der Waals surface area contributed by atoms with Crippen molar-refractivity contribution in [3.05, 3.63) is 65.7 Å². The van der Waals surface area contributed by atoms with Crippen LogP contribution in [0, 0.1) is 0 Å². The molecule has 0 spiro atoms. The molecule has 3 heteroatoms. The Morgan fingerprint density at radius 1 is 1.00 bits per heavy atom. The van der Waals surface area contributed by atoms with E-state index in [2.05, 4.69) is 0 Å². The van der Waals surface area contributed by atoms with E-state index in [0.717, 1.165) is 5.56 Å². The van der Waals surface area contributed by atoms with Crippen LogP contribution in [0.5, 0.6) is 5.75 Å². The van der Waals surface area contributed by atoms with E-state index in [4.69, 9.17) is 10.5 Å². The SMILES string of the molecule is NC1(c2ccccc2)COc2ccccc2C1=O. The molecule has 1 aliphatic heterocycles. The van der Waals surface area contributed by atoms with Crippen LogP contribution in [-0.2, 0) is 5.54 Å². The van der Waals surface area contributed by atoms with Crippen LogP contribution in [0.4, 0.5) is 0 Å². The Hall–Kier alpha value is -2.13. The molecule has 3 nitrogen and oxygen atoms in total. The maximum atomic E-state index is 12.5. The van der Waals surface area contributed by atoms with Gasteiger partial charge in [-0.05, 0) is 17.7 Å². The van der Waals surface area contributed by atoms with Gasteiger partial charge in [0.2, 0.25) is 0 Å². The van der Waals surface area contributed by atoms with Crippen LogP contribution in [0.1, 0.15) is 15.9 Å². The first kappa shape index (κ1) is 11.0. The first-order chi connectivity index (χ1) is 8.72. The third-order valence-electron chi connectivity index (χ3n) is 3.28. The van der Waals surface area contributed by atoms with Crippen molar-refractivity contribution in [3.8, 4) is 5.75 Å².